The molecule has 9 heteroatoms. The van der Waals surface area contributed by atoms with Crippen molar-refractivity contribution in [2.75, 3.05) is 31.0 Å². The van der Waals surface area contributed by atoms with Crippen LogP contribution in [0.4, 0.5) is 15.8 Å². The minimum absolute atomic E-state index is 0.0732. The zero-order valence-electron chi connectivity index (χ0n) is 23.9. The first-order valence-corrected chi connectivity index (χ1v) is 13.0. The van der Waals surface area contributed by atoms with Crippen molar-refractivity contribution in [2.45, 2.75) is 52.9 Å². The standard InChI is InChI=1S/C31H35FN2O6/c1-18-8-9-21(32)14-27(18)39-17-25-23(12-13-26-29(25)34(6)30(36)31(4,5)33-26)24-11-10-22(15-28(24)37-7)38-16-19(2)40-20(3)35/h8-15,19,33H,16-17H2,1-7H3. The van der Waals surface area contributed by atoms with E-state index in [9.17, 15) is 14.0 Å². The lowest BCUT2D eigenvalue weighted by atomic mass is 9.91. The topological polar surface area (TPSA) is 86.3 Å². The molecular formula is C31H35FN2O6. The van der Waals surface area contributed by atoms with Gasteiger partial charge in [-0.05, 0) is 63.1 Å². The highest BCUT2D eigenvalue weighted by atomic mass is 19.1. The maximum absolute atomic E-state index is 14.0. The Kier molecular flexibility index (Phi) is 8.23. The number of fused-ring (bicyclic) bond motifs is 1. The highest BCUT2D eigenvalue weighted by Gasteiger charge is 2.38. The van der Waals surface area contributed by atoms with E-state index in [0.29, 0.717) is 22.9 Å². The molecule has 1 N–H and O–H groups in total. The van der Waals surface area contributed by atoms with E-state index in [4.69, 9.17) is 18.9 Å². The molecule has 1 unspecified atom stereocenters. The fourth-order valence-electron chi connectivity index (χ4n) is 4.82. The molecule has 1 atom stereocenters. The second-order valence-electron chi connectivity index (χ2n) is 10.4. The molecule has 0 fully saturated rings. The number of nitrogens with zero attached hydrogens (tertiary/aromatic N) is 1. The van der Waals surface area contributed by atoms with Gasteiger partial charge in [-0.3, -0.25) is 9.59 Å². The summed E-state index contributed by atoms with van der Waals surface area (Å²) in [4.78, 5) is 26.1. The Morgan fingerprint density at radius 2 is 1.77 bits per heavy atom. The zero-order chi connectivity index (χ0) is 29.2. The monoisotopic (exact) mass is 550 g/mol. The maximum atomic E-state index is 14.0. The van der Waals surface area contributed by atoms with Crippen molar-refractivity contribution in [1.29, 1.82) is 0 Å². The van der Waals surface area contributed by atoms with Gasteiger partial charge in [0.05, 0.1) is 18.5 Å². The summed E-state index contributed by atoms with van der Waals surface area (Å²) in [6.07, 6.45) is -0.413. The van der Waals surface area contributed by atoms with E-state index in [1.165, 1.54) is 19.1 Å². The number of methoxy groups -OCH3 is 1. The lowest BCUT2D eigenvalue weighted by Crippen LogP contribution is -2.52. The fraction of sp³-hybridized carbons (Fsp3) is 0.355. The van der Waals surface area contributed by atoms with Gasteiger partial charge in [-0.2, -0.15) is 0 Å². The number of anilines is 2. The molecule has 1 aliphatic heterocycles. The van der Waals surface area contributed by atoms with Crippen molar-refractivity contribution < 1.29 is 32.9 Å². The van der Waals surface area contributed by atoms with Gasteiger partial charge in [-0.1, -0.05) is 12.1 Å². The van der Waals surface area contributed by atoms with Crippen LogP contribution < -0.4 is 24.4 Å². The van der Waals surface area contributed by atoms with E-state index >= 15 is 0 Å². The molecule has 0 radical (unpaired) electrons. The molecule has 1 amide bonds. The number of likely N-dealkylation sites (N-methyl/N-ethyl adjacent to an activating group) is 1. The molecule has 0 spiro atoms. The number of rotatable bonds is 9. The van der Waals surface area contributed by atoms with Gasteiger partial charge in [-0.25, -0.2) is 4.39 Å². The summed E-state index contributed by atoms with van der Waals surface area (Å²) < 4.78 is 36.8. The molecule has 212 valence electrons. The van der Waals surface area contributed by atoms with Crippen LogP contribution in [0.2, 0.25) is 0 Å². The molecule has 0 aliphatic carbocycles. The summed E-state index contributed by atoms with van der Waals surface area (Å²) in [5, 5.41) is 3.34. The summed E-state index contributed by atoms with van der Waals surface area (Å²) in [5.41, 5.74) is 3.73. The minimum atomic E-state index is -0.791. The van der Waals surface area contributed by atoms with Crippen molar-refractivity contribution in [1.82, 2.24) is 0 Å². The minimum Gasteiger partial charge on any atom is -0.496 e. The summed E-state index contributed by atoms with van der Waals surface area (Å²) in [7, 11) is 3.30. The molecule has 8 nitrogen and oxygen atoms in total. The van der Waals surface area contributed by atoms with Crippen molar-refractivity contribution in [2.24, 2.45) is 0 Å². The largest absolute Gasteiger partial charge is 0.496 e. The normalized spacial score (nSPS) is 14.6. The Labute approximate surface area is 234 Å². The Morgan fingerprint density at radius 3 is 2.48 bits per heavy atom. The molecule has 0 aromatic heterocycles. The van der Waals surface area contributed by atoms with E-state index in [1.807, 2.05) is 39.0 Å². The zero-order valence-corrected chi connectivity index (χ0v) is 23.9. The number of hydrogen-bond acceptors (Lipinski definition) is 7. The van der Waals surface area contributed by atoms with Gasteiger partial charge in [0.1, 0.15) is 47.9 Å². The first-order valence-electron chi connectivity index (χ1n) is 13.0. The number of carbonyl (C=O) groups is 2. The Balaban J connectivity index is 1.77. The van der Waals surface area contributed by atoms with Crippen LogP contribution in [-0.4, -0.2) is 44.3 Å². The third kappa shape index (κ3) is 5.98. The van der Waals surface area contributed by atoms with Gasteiger partial charge in [0.2, 0.25) is 0 Å². The Bertz CT molecular complexity index is 1440. The Morgan fingerprint density at radius 1 is 1.05 bits per heavy atom. The average Bonchev–Trinajstić information content (AvgIpc) is 2.90. The second-order valence-corrected chi connectivity index (χ2v) is 10.4. The number of hydrogen-bond donors (Lipinski definition) is 1. The van der Waals surface area contributed by atoms with Crippen LogP contribution in [0.1, 0.15) is 38.8 Å². The quantitative estimate of drug-likeness (QED) is 0.333. The van der Waals surface area contributed by atoms with Crippen LogP contribution in [0.3, 0.4) is 0 Å². The maximum Gasteiger partial charge on any atom is 0.303 e. The molecule has 0 bridgehead atoms. The number of halogens is 1. The average molecular weight is 551 g/mol. The highest BCUT2D eigenvalue weighted by molar-refractivity contribution is 6.08. The SMILES string of the molecule is COc1cc(OCC(C)OC(C)=O)ccc1-c1ccc2c(c1COc1cc(F)ccc1C)N(C)C(=O)C(C)(C)N2. The molecule has 3 aromatic carbocycles. The first kappa shape index (κ1) is 28.7. The fourth-order valence-corrected chi connectivity index (χ4v) is 4.82. The predicted molar refractivity (Wildman–Crippen MR) is 152 cm³/mol. The number of nitrogens with one attached hydrogen (secondary N) is 1. The van der Waals surface area contributed by atoms with E-state index in [-0.39, 0.29) is 25.1 Å². The first-order chi connectivity index (χ1) is 18.9. The molecular weight excluding hydrogens is 515 g/mol. The molecule has 40 heavy (non-hydrogen) atoms. The van der Waals surface area contributed by atoms with E-state index in [2.05, 4.69) is 5.32 Å². The molecule has 0 saturated carbocycles. The molecule has 3 aromatic rings. The van der Waals surface area contributed by atoms with Gasteiger partial charge in [0.15, 0.2) is 0 Å². The van der Waals surface area contributed by atoms with Crippen LogP contribution in [0, 0.1) is 12.7 Å². The highest BCUT2D eigenvalue weighted by Crippen LogP contribution is 2.45. The van der Waals surface area contributed by atoms with Crippen molar-refractivity contribution in [3.8, 4) is 28.4 Å². The van der Waals surface area contributed by atoms with Gasteiger partial charge in [-0.15, -0.1) is 0 Å². The van der Waals surface area contributed by atoms with Crippen LogP contribution in [-0.2, 0) is 20.9 Å². The van der Waals surface area contributed by atoms with Crippen LogP contribution >= 0.6 is 0 Å². The number of aryl methyl sites for hydroxylation is 1. The second kappa shape index (κ2) is 11.5. The van der Waals surface area contributed by atoms with Crippen molar-refractivity contribution >= 4 is 23.3 Å². The smallest absolute Gasteiger partial charge is 0.303 e. The lowest BCUT2D eigenvalue weighted by molar-refractivity contribution is -0.146. The molecule has 1 heterocycles. The molecule has 4 rings (SSSR count). The third-order valence-electron chi connectivity index (χ3n) is 6.74. The van der Waals surface area contributed by atoms with Gasteiger partial charge in [0, 0.05) is 37.2 Å². The van der Waals surface area contributed by atoms with E-state index in [1.54, 1.807) is 44.2 Å². The number of carbonyl (C=O) groups excluding carboxylic acids is 2. The predicted octanol–water partition coefficient (Wildman–Crippen LogP) is 5.89. The molecule has 0 saturated heterocycles. The van der Waals surface area contributed by atoms with Crippen molar-refractivity contribution in [3.05, 3.63) is 65.5 Å². The third-order valence-corrected chi connectivity index (χ3v) is 6.74. The van der Waals surface area contributed by atoms with Crippen molar-refractivity contribution in [3.63, 3.8) is 0 Å². The van der Waals surface area contributed by atoms with E-state index < -0.39 is 17.5 Å². The summed E-state index contributed by atoms with van der Waals surface area (Å²) in [5.74, 6) is 0.630. The number of amides is 1. The lowest BCUT2D eigenvalue weighted by Gasteiger charge is -2.39. The van der Waals surface area contributed by atoms with E-state index in [0.717, 1.165) is 27.9 Å². The number of benzene rings is 3. The van der Waals surface area contributed by atoms with Gasteiger partial charge >= 0.3 is 5.97 Å². The summed E-state index contributed by atoms with van der Waals surface area (Å²) >= 11 is 0. The van der Waals surface area contributed by atoms with Crippen LogP contribution in [0.15, 0.2) is 48.5 Å². The van der Waals surface area contributed by atoms with Gasteiger partial charge in [0.25, 0.3) is 5.91 Å². The number of ether oxygens (including phenoxy) is 4. The Hall–Kier alpha value is -4.27. The van der Waals surface area contributed by atoms with Crippen LogP contribution in [0.5, 0.6) is 17.2 Å². The number of esters is 1. The molecule has 1 aliphatic rings. The summed E-state index contributed by atoms with van der Waals surface area (Å²) in [6, 6.07) is 13.7. The van der Waals surface area contributed by atoms with Gasteiger partial charge < -0.3 is 29.2 Å². The summed E-state index contributed by atoms with van der Waals surface area (Å²) in [6.45, 7) is 8.87. The van der Waals surface area contributed by atoms with Crippen LogP contribution in [0.25, 0.3) is 11.1 Å².